The summed E-state index contributed by atoms with van der Waals surface area (Å²) < 4.78 is 5.75. The van der Waals surface area contributed by atoms with Crippen LogP contribution in [0.15, 0.2) is 0 Å². The van der Waals surface area contributed by atoms with Gasteiger partial charge in [0.2, 0.25) is 5.91 Å². The number of ether oxygens (including phenoxy) is 1. The average molecular weight is 254 g/mol. The third-order valence-electron chi connectivity index (χ3n) is 4.70. The number of hydrogen-bond donors (Lipinski definition) is 2. The van der Waals surface area contributed by atoms with E-state index >= 15 is 0 Å². The first kappa shape index (κ1) is 13.8. The van der Waals surface area contributed by atoms with Gasteiger partial charge in [0.15, 0.2) is 0 Å². The molecular formula is C14H26N2O2. The van der Waals surface area contributed by atoms with Crippen molar-refractivity contribution in [3.8, 4) is 0 Å². The minimum atomic E-state index is -0.00544. The first-order chi connectivity index (χ1) is 8.50. The summed E-state index contributed by atoms with van der Waals surface area (Å²) in [5, 5.41) is 6.56. The van der Waals surface area contributed by atoms with Crippen LogP contribution in [0.4, 0.5) is 0 Å². The number of rotatable bonds is 2. The minimum absolute atomic E-state index is 0.00544. The number of hydrogen-bond acceptors (Lipinski definition) is 3. The monoisotopic (exact) mass is 254 g/mol. The standard InChI is InChI=1S/C14H26N2O2/c1-8-5-6-15-7-12(8)16-14(17)13-9(2)10(3)18-11(13)4/h8-13,15H,5-7H2,1-4H3,(H,16,17). The zero-order valence-electron chi connectivity index (χ0n) is 11.9. The molecule has 0 bridgehead atoms. The maximum absolute atomic E-state index is 12.4. The van der Waals surface area contributed by atoms with Crippen molar-refractivity contribution >= 4 is 5.91 Å². The maximum Gasteiger partial charge on any atom is 0.226 e. The van der Waals surface area contributed by atoms with E-state index in [-0.39, 0.29) is 30.1 Å². The summed E-state index contributed by atoms with van der Waals surface area (Å²) in [5.74, 6) is 1.02. The van der Waals surface area contributed by atoms with Gasteiger partial charge in [0.05, 0.1) is 18.1 Å². The average Bonchev–Trinajstić information content (AvgIpc) is 2.56. The zero-order valence-corrected chi connectivity index (χ0v) is 11.9. The highest BCUT2D eigenvalue weighted by atomic mass is 16.5. The first-order valence-electron chi connectivity index (χ1n) is 7.17. The summed E-state index contributed by atoms with van der Waals surface area (Å²) >= 11 is 0. The summed E-state index contributed by atoms with van der Waals surface area (Å²) in [6.07, 6.45) is 1.34. The largest absolute Gasteiger partial charge is 0.374 e. The number of piperidine rings is 1. The van der Waals surface area contributed by atoms with Crippen molar-refractivity contribution in [2.75, 3.05) is 13.1 Å². The molecule has 0 radical (unpaired) electrons. The van der Waals surface area contributed by atoms with E-state index in [2.05, 4.69) is 31.4 Å². The molecule has 2 N–H and O–H groups in total. The zero-order chi connectivity index (χ0) is 13.3. The van der Waals surface area contributed by atoms with E-state index < -0.39 is 0 Å². The highest BCUT2D eigenvalue weighted by Crippen LogP contribution is 2.32. The summed E-state index contributed by atoms with van der Waals surface area (Å²) in [5.41, 5.74) is 0. The van der Waals surface area contributed by atoms with Crippen LogP contribution in [-0.2, 0) is 9.53 Å². The van der Waals surface area contributed by atoms with Gasteiger partial charge in [0, 0.05) is 12.6 Å². The van der Waals surface area contributed by atoms with E-state index in [1.165, 1.54) is 0 Å². The lowest BCUT2D eigenvalue weighted by Gasteiger charge is -2.32. The van der Waals surface area contributed by atoms with Crippen LogP contribution >= 0.6 is 0 Å². The van der Waals surface area contributed by atoms with E-state index in [9.17, 15) is 4.79 Å². The van der Waals surface area contributed by atoms with E-state index in [1.54, 1.807) is 0 Å². The van der Waals surface area contributed by atoms with Crippen molar-refractivity contribution in [3.05, 3.63) is 0 Å². The van der Waals surface area contributed by atoms with Gasteiger partial charge in [-0.05, 0) is 38.6 Å². The van der Waals surface area contributed by atoms with Crippen LogP contribution in [0.3, 0.4) is 0 Å². The predicted octanol–water partition coefficient (Wildman–Crippen LogP) is 1.16. The Morgan fingerprint density at radius 1 is 1.22 bits per heavy atom. The molecule has 6 unspecified atom stereocenters. The van der Waals surface area contributed by atoms with Gasteiger partial charge in [0.1, 0.15) is 0 Å². The SMILES string of the molecule is CC1CCNCC1NC(=O)C1C(C)OC(C)C1C. The van der Waals surface area contributed by atoms with Gasteiger partial charge >= 0.3 is 0 Å². The topological polar surface area (TPSA) is 50.4 Å². The number of nitrogens with one attached hydrogen (secondary N) is 2. The summed E-state index contributed by atoms with van der Waals surface area (Å²) in [4.78, 5) is 12.4. The molecule has 4 heteroatoms. The van der Waals surface area contributed by atoms with Crippen molar-refractivity contribution in [2.45, 2.75) is 52.4 Å². The fraction of sp³-hybridized carbons (Fsp3) is 0.929. The molecule has 2 fully saturated rings. The van der Waals surface area contributed by atoms with Crippen LogP contribution in [-0.4, -0.2) is 37.2 Å². The lowest BCUT2D eigenvalue weighted by atomic mass is 9.87. The van der Waals surface area contributed by atoms with Crippen molar-refractivity contribution in [1.82, 2.24) is 10.6 Å². The molecule has 2 aliphatic heterocycles. The van der Waals surface area contributed by atoms with Gasteiger partial charge in [-0.2, -0.15) is 0 Å². The molecule has 0 aromatic heterocycles. The number of carbonyl (C=O) groups excluding carboxylic acids is 1. The molecule has 18 heavy (non-hydrogen) atoms. The molecular weight excluding hydrogens is 228 g/mol. The van der Waals surface area contributed by atoms with Crippen molar-refractivity contribution < 1.29 is 9.53 Å². The van der Waals surface area contributed by atoms with Gasteiger partial charge in [-0.15, -0.1) is 0 Å². The van der Waals surface area contributed by atoms with E-state index in [0.717, 1.165) is 19.5 Å². The summed E-state index contributed by atoms with van der Waals surface area (Å²) in [6, 6.07) is 0.265. The Kier molecular flexibility index (Phi) is 4.28. The third kappa shape index (κ3) is 2.69. The lowest BCUT2D eigenvalue weighted by Crippen LogP contribution is -2.52. The second kappa shape index (κ2) is 5.57. The van der Waals surface area contributed by atoms with Gasteiger partial charge in [-0.1, -0.05) is 13.8 Å². The van der Waals surface area contributed by atoms with Crippen LogP contribution < -0.4 is 10.6 Å². The van der Waals surface area contributed by atoms with Gasteiger partial charge in [-0.25, -0.2) is 0 Å². The van der Waals surface area contributed by atoms with Crippen molar-refractivity contribution in [2.24, 2.45) is 17.8 Å². The van der Waals surface area contributed by atoms with E-state index in [1.807, 2.05) is 6.92 Å². The molecule has 0 aromatic carbocycles. The lowest BCUT2D eigenvalue weighted by molar-refractivity contribution is -0.128. The molecule has 0 saturated carbocycles. The van der Waals surface area contributed by atoms with Gasteiger partial charge in [0.25, 0.3) is 0 Å². The van der Waals surface area contributed by atoms with Crippen molar-refractivity contribution in [3.63, 3.8) is 0 Å². The quantitative estimate of drug-likeness (QED) is 0.777. The second-order valence-electron chi connectivity index (χ2n) is 6.02. The molecule has 0 aromatic rings. The molecule has 1 amide bonds. The molecule has 104 valence electrons. The van der Waals surface area contributed by atoms with Gasteiger partial charge < -0.3 is 15.4 Å². The smallest absolute Gasteiger partial charge is 0.226 e. The Bertz CT molecular complexity index is 308. The summed E-state index contributed by atoms with van der Waals surface area (Å²) in [6.45, 7) is 10.3. The van der Waals surface area contributed by atoms with Crippen LogP contribution in [0.2, 0.25) is 0 Å². The molecule has 2 heterocycles. The molecule has 6 atom stereocenters. The minimum Gasteiger partial charge on any atom is -0.374 e. The Morgan fingerprint density at radius 3 is 2.50 bits per heavy atom. The van der Waals surface area contributed by atoms with Crippen LogP contribution in [0.5, 0.6) is 0 Å². The molecule has 0 aliphatic carbocycles. The van der Waals surface area contributed by atoms with Crippen LogP contribution in [0.1, 0.15) is 34.1 Å². The third-order valence-corrected chi connectivity index (χ3v) is 4.70. The second-order valence-corrected chi connectivity index (χ2v) is 6.02. The Labute approximate surface area is 110 Å². The fourth-order valence-corrected chi connectivity index (χ4v) is 3.18. The van der Waals surface area contributed by atoms with Gasteiger partial charge in [-0.3, -0.25) is 4.79 Å². The Morgan fingerprint density at radius 2 is 1.94 bits per heavy atom. The normalized spacial score (nSPS) is 44.9. The number of amides is 1. The summed E-state index contributed by atoms with van der Waals surface area (Å²) in [7, 11) is 0. The van der Waals surface area contributed by atoms with E-state index in [0.29, 0.717) is 11.8 Å². The molecule has 0 spiro atoms. The van der Waals surface area contributed by atoms with Crippen LogP contribution in [0.25, 0.3) is 0 Å². The van der Waals surface area contributed by atoms with E-state index in [4.69, 9.17) is 4.74 Å². The molecule has 2 rings (SSSR count). The van der Waals surface area contributed by atoms with Crippen molar-refractivity contribution in [1.29, 1.82) is 0 Å². The maximum atomic E-state index is 12.4. The molecule has 2 aliphatic rings. The first-order valence-corrected chi connectivity index (χ1v) is 7.17. The Balaban J connectivity index is 1.95. The predicted molar refractivity (Wildman–Crippen MR) is 71.2 cm³/mol. The van der Waals surface area contributed by atoms with Crippen LogP contribution in [0, 0.1) is 17.8 Å². The molecule has 2 saturated heterocycles. The fourth-order valence-electron chi connectivity index (χ4n) is 3.18. The molecule has 4 nitrogen and oxygen atoms in total. The number of carbonyl (C=O) groups is 1. The highest BCUT2D eigenvalue weighted by Gasteiger charge is 2.42. The Hall–Kier alpha value is -0.610. The highest BCUT2D eigenvalue weighted by molar-refractivity contribution is 5.80.